The second kappa shape index (κ2) is 30.0. The molecule has 1 aliphatic rings. The van der Waals surface area contributed by atoms with Crippen molar-refractivity contribution in [2.75, 3.05) is 26.4 Å². The lowest BCUT2D eigenvalue weighted by molar-refractivity contribution is -0.307. The van der Waals surface area contributed by atoms with Crippen LogP contribution < -0.4 is 28.4 Å². The molecule has 26 heteroatoms. The number of hydrogen-bond acceptors (Lipinski definition) is 26. The summed E-state index contributed by atoms with van der Waals surface area (Å²) in [6.07, 6.45) is -9.77. The zero-order valence-electron chi connectivity index (χ0n) is 44.2. The Bertz CT molecular complexity index is 2850. The van der Waals surface area contributed by atoms with Crippen molar-refractivity contribution in [2.24, 2.45) is 0 Å². The lowest BCUT2D eigenvalue weighted by atomic mass is 9.97. The van der Waals surface area contributed by atoms with E-state index in [2.05, 4.69) is 0 Å². The van der Waals surface area contributed by atoms with Crippen LogP contribution in [0.5, 0.6) is 34.5 Å². The highest BCUT2D eigenvalue weighted by atomic mass is 16.7. The first-order valence-corrected chi connectivity index (χ1v) is 23.7. The summed E-state index contributed by atoms with van der Waals surface area (Å²) >= 11 is 0. The molecule has 1 saturated heterocycles. The van der Waals surface area contributed by atoms with E-state index >= 15 is 0 Å². The molecule has 0 unspecified atom stereocenters. The van der Waals surface area contributed by atoms with Crippen molar-refractivity contribution in [3.05, 3.63) is 82.9 Å². The van der Waals surface area contributed by atoms with Gasteiger partial charge in [-0.1, -0.05) is 18.2 Å². The molecule has 0 amide bonds. The minimum atomic E-state index is -1.94. The number of carbonyl (C=O) groups excluding carboxylic acids is 12. The third kappa shape index (κ3) is 21.8. The van der Waals surface area contributed by atoms with Crippen molar-refractivity contribution in [1.29, 1.82) is 0 Å². The highest BCUT2D eigenvalue weighted by Crippen LogP contribution is 2.34. The summed E-state index contributed by atoms with van der Waals surface area (Å²) in [5, 5.41) is 0. The molecule has 26 nitrogen and oxygen atoms in total. The van der Waals surface area contributed by atoms with Crippen molar-refractivity contribution in [3.8, 4) is 34.5 Å². The molecule has 0 aliphatic carbocycles. The van der Waals surface area contributed by atoms with Gasteiger partial charge < -0.3 is 66.3 Å². The molecule has 3 aromatic rings. The molecule has 1 heterocycles. The summed E-state index contributed by atoms with van der Waals surface area (Å²) in [5.74, 6) is -11.5. The van der Waals surface area contributed by atoms with Gasteiger partial charge in [-0.3, -0.25) is 57.5 Å². The summed E-state index contributed by atoms with van der Waals surface area (Å²) in [6.45, 7) is 7.66. The van der Waals surface area contributed by atoms with Crippen molar-refractivity contribution in [3.63, 3.8) is 0 Å². The van der Waals surface area contributed by atoms with Crippen LogP contribution in [0.3, 0.4) is 0 Å². The van der Waals surface area contributed by atoms with E-state index < -0.39 is 141 Å². The second-order valence-electron chi connectivity index (χ2n) is 16.9. The van der Waals surface area contributed by atoms with Gasteiger partial charge in [-0.25, -0.2) is 0 Å². The Morgan fingerprint density at radius 1 is 0.405 bits per heavy atom. The summed E-state index contributed by atoms with van der Waals surface area (Å²) < 4.78 is 76.8. The highest BCUT2D eigenvalue weighted by Gasteiger charge is 2.53. The number of ether oxygens (including phenoxy) is 14. The molecule has 0 spiro atoms. The fourth-order valence-corrected chi connectivity index (χ4v) is 7.08. The Labute approximate surface area is 450 Å². The molecular formula is C53H56O26. The molecular weight excluding hydrogens is 1050 g/mol. The van der Waals surface area contributed by atoms with E-state index in [1.807, 2.05) is 0 Å². The predicted molar refractivity (Wildman–Crippen MR) is 261 cm³/mol. The fraction of sp³-hybridized carbons (Fsp3) is 0.396. The zero-order chi connectivity index (χ0) is 58.5. The van der Waals surface area contributed by atoms with Crippen LogP contribution in [0.2, 0.25) is 0 Å². The highest BCUT2D eigenvalue weighted by molar-refractivity contribution is 5.79. The molecule has 4 rings (SSSR count). The van der Waals surface area contributed by atoms with Crippen molar-refractivity contribution >= 4 is 71.6 Å². The van der Waals surface area contributed by atoms with Crippen LogP contribution in [-0.4, -0.2) is 129 Å². The van der Waals surface area contributed by atoms with Crippen LogP contribution in [0.15, 0.2) is 66.2 Å². The molecule has 3 aromatic carbocycles. The van der Waals surface area contributed by atoms with Crippen molar-refractivity contribution in [1.82, 2.24) is 0 Å². The van der Waals surface area contributed by atoms with Crippen LogP contribution in [0.1, 0.15) is 79.0 Å². The van der Waals surface area contributed by atoms with Crippen molar-refractivity contribution in [2.45, 2.75) is 112 Å². The summed E-state index contributed by atoms with van der Waals surface area (Å²) in [4.78, 5) is 150. The van der Waals surface area contributed by atoms with Crippen molar-refractivity contribution < 1.29 is 124 Å². The Kier molecular flexibility index (Phi) is 23.8. The number of carbonyl (C=O) groups is 12. The lowest BCUT2D eigenvalue weighted by Gasteiger charge is -2.44. The molecule has 0 aromatic heterocycles. The summed E-state index contributed by atoms with van der Waals surface area (Å²) in [5.41, 5.74) is 0.552. The third-order valence-corrected chi connectivity index (χ3v) is 9.98. The second-order valence-corrected chi connectivity index (χ2v) is 16.9. The topological polar surface area (TPSA) is 334 Å². The molecule has 1 aliphatic heterocycles. The standard InChI is InChI=1S/C53H56O26/c1-27(54)66-17-16-39(24-67-28(2)55)25-69-53-52(76-35(9)62)51(79-49(65)23-38-12-15-42(72-31(5)58)45(20-38)75-34(8)61)50(78-48(64)22-37-11-14-41(71-30(4)57)44(19-37)74-33(7)60)46(77-53)26-68-47(63)21-36-10-13-40(70-29(3)56)43(18-36)73-32(6)59/h10-16,18-20,46,50-53H,17,21-26H2,1-9H3/b39-16+/t46-,50-,51-,52-,53-/m1/s1. The normalized spacial score (nSPS) is 16.6. The molecule has 0 radical (unpaired) electrons. The molecule has 0 bridgehead atoms. The quantitative estimate of drug-likeness (QED) is 0.0537. The van der Waals surface area contributed by atoms with E-state index in [9.17, 15) is 57.5 Å². The Balaban J connectivity index is 1.85. The number of benzene rings is 3. The molecule has 5 atom stereocenters. The maximum Gasteiger partial charge on any atom is 0.310 e. The number of hydrogen-bond donors (Lipinski definition) is 0. The Morgan fingerprint density at radius 3 is 1.19 bits per heavy atom. The van der Waals surface area contributed by atoms with Gasteiger partial charge in [-0.2, -0.15) is 0 Å². The number of esters is 12. The van der Waals surface area contributed by atoms with Gasteiger partial charge in [0.2, 0.25) is 0 Å². The average Bonchev–Trinajstić information content (AvgIpc) is 3.33. The van der Waals surface area contributed by atoms with Gasteiger partial charge in [0.15, 0.2) is 59.1 Å². The molecule has 0 saturated carbocycles. The average molecular weight is 1110 g/mol. The van der Waals surface area contributed by atoms with Crippen LogP contribution in [-0.2, 0) is 115 Å². The van der Waals surface area contributed by atoms with Gasteiger partial charge >= 0.3 is 71.6 Å². The first-order chi connectivity index (χ1) is 37.2. The smallest absolute Gasteiger partial charge is 0.310 e. The monoisotopic (exact) mass is 1110 g/mol. The van der Waals surface area contributed by atoms with Gasteiger partial charge in [0.25, 0.3) is 0 Å². The van der Waals surface area contributed by atoms with E-state index in [1.165, 1.54) is 60.7 Å². The van der Waals surface area contributed by atoms with Crippen LogP contribution in [0.25, 0.3) is 0 Å². The van der Waals surface area contributed by atoms with E-state index in [4.69, 9.17) is 66.3 Å². The van der Waals surface area contributed by atoms with Crippen LogP contribution in [0.4, 0.5) is 0 Å². The van der Waals surface area contributed by atoms with Gasteiger partial charge in [0, 0.05) is 62.3 Å². The van der Waals surface area contributed by atoms with E-state index in [0.717, 1.165) is 62.3 Å². The first kappa shape index (κ1) is 62.5. The summed E-state index contributed by atoms with van der Waals surface area (Å²) in [6, 6.07) is 11.4. The van der Waals surface area contributed by atoms with Crippen LogP contribution >= 0.6 is 0 Å². The zero-order valence-corrected chi connectivity index (χ0v) is 44.2. The minimum absolute atomic E-state index is 0.103. The molecule has 1 fully saturated rings. The van der Waals surface area contributed by atoms with E-state index in [0.29, 0.717) is 0 Å². The maximum atomic E-state index is 14.2. The van der Waals surface area contributed by atoms with Gasteiger partial charge in [0.05, 0.1) is 25.9 Å². The van der Waals surface area contributed by atoms with Gasteiger partial charge in [-0.05, 0) is 64.7 Å². The van der Waals surface area contributed by atoms with E-state index in [1.54, 1.807) is 0 Å². The Morgan fingerprint density at radius 2 is 0.797 bits per heavy atom. The molecule has 0 N–H and O–H groups in total. The maximum absolute atomic E-state index is 14.2. The number of rotatable bonds is 24. The molecule has 79 heavy (non-hydrogen) atoms. The summed E-state index contributed by atoms with van der Waals surface area (Å²) in [7, 11) is 0. The predicted octanol–water partition coefficient (Wildman–Crippen LogP) is 3.36. The molecule has 424 valence electrons. The largest absolute Gasteiger partial charge is 0.463 e. The van der Waals surface area contributed by atoms with Crippen LogP contribution in [0, 0.1) is 0 Å². The first-order valence-electron chi connectivity index (χ1n) is 23.7. The third-order valence-electron chi connectivity index (χ3n) is 9.98. The SMILES string of the molecule is CC(=O)OC/C=C(\COC(C)=O)CO[C@@H]1O[C@H](COC(=O)Cc2ccc(OC(C)=O)c(OC(C)=O)c2)[C@@H](OC(=O)Cc2ccc(OC(C)=O)c(OC(C)=O)c2)[C@@H](OC(=O)Cc2ccc(OC(C)=O)c(OC(C)=O)c2)[C@H]1OC(C)=O. The Hall–Kier alpha value is -9.04. The van der Waals surface area contributed by atoms with Gasteiger partial charge in [0.1, 0.15) is 25.9 Å². The fourth-order valence-electron chi connectivity index (χ4n) is 7.08. The van der Waals surface area contributed by atoms with E-state index in [-0.39, 0.29) is 63.4 Å². The van der Waals surface area contributed by atoms with Gasteiger partial charge in [-0.15, -0.1) is 0 Å². The minimum Gasteiger partial charge on any atom is -0.463 e. The lowest BCUT2D eigenvalue weighted by Crippen LogP contribution is -2.63.